The molecular formula is C13H3ClF6O. The van der Waals surface area contributed by atoms with Gasteiger partial charge in [0.1, 0.15) is 5.82 Å². The van der Waals surface area contributed by atoms with E-state index in [1.54, 1.807) is 0 Å². The Morgan fingerprint density at radius 2 is 1.29 bits per heavy atom. The van der Waals surface area contributed by atoms with E-state index >= 15 is 0 Å². The van der Waals surface area contributed by atoms with Crippen LogP contribution in [0.25, 0.3) is 11.1 Å². The fourth-order valence-corrected chi connectivity index (χ4v) is 1.89. The Hall–Kier alpha value is -2.02. The number of benzene rings is 2. The van der Waals surface area contributed by atoms with Gasteiger partial charge in [-0.15, -0.1) is 0 Å². The summed E-state index contributed by atoms with van der Waals surface area (Å²) in [5, 5.41) is -1.31. The first-order chi connectivity index (χ1) is 9.75. The van der Waals surface area contributed by atoms with Crippen molar-refractivity contribution in [3.05, 3.63) is 58.7 Å². The normalized spacial score (nSPS) is 10.8. The molecule has 0 unspecified atom stereocenters. The Bertz CT molecular complexity index is 730. The predicted octanol–water partition coefficient (Wildman–Crippen LogP) is 4.57. The van der Waals surface area contributed by atoms with Gasteiger partial charge in [0.15, 0.2) is 23.3 Å². The van der Waals surface area contributed by atoms with Gasteiger partial charge in [0.25, 0.3) is 5.24 Å². The summed E-state index contributed by atoms with van der Waals surface area (Å²) < 4.78 is 79.6. The van der Waals surface area contributed by atoms with Crippen molar-refractivity contribution >= 4 is 16.8 Å². The molecule has 0 radical (unpaired) electrons. The molecule has 0 saturated carbocycles. The molecular weight excluding hydrogens is 322 g/mol. The highest BCUT2D eigenvalue weighted by Crippen LogP contribution is 2.34. The summed E-state index contributed by atoms with van der Waals surface area (Å²) in [7, 11) is 0. The molecule has 21 heavy (non-hydrogen) atoms. The first-order valence-corrected chi connectivity index (χ1v) is 5.64. The molecule has 0 atom stereocenters. The highest BCUT2D eigenvalue weighted by atomic mass is 35.5. The van der Waals surface area contributed by atoms with Crippen molar-refractivity contribution in [2.24, 2.45) is 0 Å². The summed E-state index contributed by atoms with van der Waals surface area (Å²) in [4.78, 5) is 11.1. The van der Waals surface area contributed by atoms with Crippen LogP contribution in [0.1, 0.15) is 10.4 Å². The summed E-state index contributed by atoms with van der Waals surface area (Å²) in [6.07, 6.45) is 0. The smallest absolute Gasteiger partial charge is 0.253 e. The van der Waals surface area contributed by atoms with Crippen LogP contribution in [0, 0.1) is 34.9 Å². The maximum absolute atomic E-state index is 13.7. The number of hydrogen-bond donors (Lipinski definition) is 0. The van der Waals surface area contributed by atoms with E-state index in [9.17, 15) is 31.1 Å². The number of rotatable bonds is 2. The zero-order valence-corrected chi connectivity index (χ0v) is 10.5. The van der Waals surface area contributed by atoms with Gasteiger partial charge in [-0.3, -0.25) is 4.79 Å². The van der Waals surface area contributed by atoms with Crippen molar-refractivity contribution < 1.29 is 31.1 Å². The van der Waals surface area contributed by atoms with Crippen LogP contribution in [0.4, 0.5) is 26.3 Å². The number of carbonyl (C=O) groups excluding carboxylic acids is 1. The van der Waals surface area contributed by atoms with Crippen LogP contribution in [0.5, 0.6) is 0 Å². The molecule has 0 saturated heterocycles. The van der Waals surface area contributed by atoms with Crippen molar-refractivity contribution in [1.29, 1.82) is 0 Å². The van der Waals surface area contributed by atoms with E-state index in [0.717, 1.165) is 0 Å². The zero-order chi connectivity index (χ0) is 15.9. The molecule has 0 heterocycles. The third-order valence-corrected chi connectivity index (χ3v) is 2.88. The van der Waals surface area contributed by atoms with Gasteiger partial charge in [-0.05, 0) is 23.7 Å². The fraction of sp³-hybridized carbons (Fsp3) is 0. The van der Waals surface area contributed by atoms with Crippen LogP contribution in [0.2, 0.25) is 0 Å². The molecule has 2 rings (SSSR count). The van der Waals surface area contributed by atoms with Crippen LogP contribution in [0.15, 0.2) is 18.2 Å². The molecule has 0 fully saturated rings. The van der Waals surface area contributed by atoms with E-state index in [-0.39, 0.29) is 0 Å². The standard InChI is InChI=1S/C13H3ClF6O/c14-13(21)6-3-4(15)1-2-5(6)7-8(16)10(18)12(20)11(19)9(7)17/h1-3H. The lowest BCUT2D eigenvalue weighted by Gasteiger charge is -2.11. The third kappa shape index (κ3) is 2.49. The summed E-state index contributed by atoms with van der Waals surface area (Å²) >= 11 is 5.13. The van der Waals surface area contributed by atoms with Crippen molar-refractivity contribution in [3.8, 4) is 11.1 Å². The lowest BCUT2D eigenvalue weighted by Crippen LogP contribution is -2.06. The Morgan fingerprint density at radius 3 is 1.76 bits per heavy atom. The van der Waals surface area contributed by atoms with E-state index in [2.05, 4.69) is 0 Å². The van der Waals surface area contributed by atoms with Crippen LogP contribution in [0.3, 0.4) is 0 Å². The van der Waals surface area contributed by atoms with Gasteiger partial charge < -0.3 is 0 Å². The molecule has 0 bridgehead atoms. The molecule has 0 aromatic heterocycles. The molecule has 2 aromatic rings. The maximum Gasteiger partial charge on any atom is 0.253 e. The zero-order valence-electron chi connectivity index (χ0n) is 9.79. The van der Waals surface area contributed by atoms with E-state index in [1.807, 2.05) is 0 Å². The maximum atomic E-state index is 13.7. The van der Waals surface area contributed by atoms with Crippen molar-refractivity contribution in [1.82, 2.24) is 0 Å². The van der Waals surface area contributed by atoms with Crippen LogP contribution in [-0.4, -0.2) is 5.24 Å². The second kappa shape index (κ2) is 5.40. The van der Waals surface area contributed by atoms with Gasteiger partial charge >= 0.3 is 0 Å². The van der Waals surface area contributed by atoms with Crippen LogP contribution in [-0.2, 0) is 0 Å². The first kappa shape index (κ1) is 15.4. The second-order valence-electron chi connectivity index (χ2n) is 3.91. The molecule has 8 heteroatoms. The minimum atomic E-state index is -2.34. The molecule has 1 nitrogen and oxygen atoms in total. The molecule has 110 valence electrons. The minimum Gasteiger partial charge on any atom is -0.276 e. The number of halogens is 7. The van der Waals surface area contributed by atoms with E-state index < -0.39 is 56.8 Å². The molecule has 0 spiro atoms. The molecule has 0 aliphatic rings. The Kier molecular flexibility index (Phi) is 3.95. The molecule has 0 N–H and O–H groups in total. The molecule has 0 amide bonds. The second-order valence-corrected chi connectivity index (χ2v) is 4.25. The molecule has 0 aliphatic heterocycles. The summed E-state index contributed by atoms with van der Waals surface area (Å²) in [5.74, 6) is -11.9. The number of hydrogen-bond acceptors (Lipinski definition) is 1. The summed E-state index contributed by atoms with van der Waals surface area (Å²) in [5.41, 5.74) is -2.78. The van der Waals surface area contributed by atoms with Gasteiger partial charge in [-0.25, -0.2) is 26.3 Å². The molecule has 2 aromatic carbocycles. The van der Waals surface area contributed by atoms with Gasteiger partial charge in [-0.2, -0.15) is 0 Å². The quantitative estimate of drug-likeness (QED) is 0.342. The highest BCUT2D eigenvalue weighted by Gasteiger charge is 2.28. The largest absolute Gasteiger partial charge is 0.276 e. The SMILES string of the molecule is O=C(Cl)c1cc(F)ccc1-c1c(F)c(F)c(F)c(F)c1F. The Labute approximate surface area is 118 Å². The van der Waals surface area contributed by atoms with Gasteiger partial charge in [0.2, 0.25) is 5.82 Å². The van der Waals surface area contributed by atoms with Crippen LogP contribution < -0.4 is 0 Å². The summed E-state index contributed by atoms with van der Waals surface area (Å²) in [6, 6.07) is 1.92. The van der Waals surface area contributed by atoms with Crippen molar-refractivity contribution in [2.45, 2.75) is 0 Å². The van der Waals surface area contributed by atoms with Crippen molar-refractivity contribution in [2.75, 3.05) is 0 Å². The lowest BCUT2D eigenvalue weighted by atomic mass is 9.98. The van der Waals surface area contributed by atoms with Gasteiger partial charge in [-0.1, -0.05) is 6.07 Å². The van der Waals surface area contributed by atoms with Gasteiger partial charge in [0.05, 0.1) is 5.56 Å². The molecule has 0 aliphatic carbocycles. The Morgan fingerprint density at radius 1 is 0.810 bits per heavy atom. The van der Waals surface area contributed by atoms with E-state index in [4.69, 9.17) is 11.6 Å². The van der Waals surface area contributed by atoms with E-state index in [1.165, 1.54) is 0 Å². The van der Waals surface area contributed by atoms with Gasteiger partial charge in [0, 0.05) is 11.1 Å². The topological polar surface area (TPSA) is 17.1 Å². The van der Waals surface area contributed by atoms with Crippen LogP contribution >= 0.6 is 11.6 Å². The summed E-state index contributed by atoms with van der Waals surface area (Å²) in [6.45, 7) is 0. The predicted molar refractivity (Wildman–Crippen MR) is 61.8 cm³/mol. The lowest BCUT2D eigenvalue weighted by molar-refractivity contribution is 0.108. The van der Waals surface area contributed by atoms with E-state index in [0.29, 0.717) is 18.2 Å². The monoisotopic (exact) mass is 324 g/mol. The third-order valence-electron chi connectivity index (χ3n) is 2.67. The minimum absolute atomic E-state index is 0.530. The first-order valence-electron chi connectivity index (χ1n) is 5.27. The average molecular weight is 325 g/mol. The average Bonchev–Trinajstić information content (AvgIpc) is 2.44. The number of carbonyl (C=O) groups is 1. The fourth-order valence-electron chi connectivity index (χ4n) is 1.74. The highest BCUT2D eigenvalue weighted by molar-refractivity contribution is 6.68. The Balaban J connectivity index is 2.89. The van der Waals surface area contributed by atoms with Crippen molar-refractivity contribution in [3.63, 3.8) is 0 Å².